The molecule has 0 fully saturated rings. The third kappa shape index (κ3) is 4.17. The van der Waals surface area contributed by atoms with Crippen molar-refractivity contribution in [2.45, 2.75) is 25.7 Å². The Hall–Kier alpha value is -3.60. The first-order valence-corrected chi connectivity index (χ1v) is 10.4. The van der Waals surface area contributed by atoms with Gasteiger partial charge in [0.2, 0.25) is 5.91 Å². The van der Waals surface area contributed by atoms with Crippen LogP contribution in [0.25, 0.3) is 21.9 Å². The normalized spacial score (nSPS) is 11.2. The van der Waals surface area contributed by atoms with Crippen LogP contribution < -0.4 is 0 Å². The summed E-state index contributed by atoms with van der Waals surface area (Å²) < 4.78 is 5.98. The van der Waals surface area contributed by atoms with E-state index in [1.807, 2.05) is 48.5 Å². The molecule has 0 saturated carbocycles. The van der Waals surface area contributed by atoms with Crippen LogP contribution in [0.5, 0.6) is 5.75 Å². The number of hydrogen-bond acceptors (Lipinski definition) is 4. The summed E-state index contributed by atoms with van der Waals surface area (Å²) in [6.45, 7) is 0. The highest BCUT2D eigenvalue weighted by molar-refractivity contribution is 6.18. The second kappa shape index (κ2) is 8.64. The van der Waals surface area contributed by atoms with Gasteiger partial charge in [0.1, 0.15) is 16.9 Å². The molecule has 4 rings (SSSR count). The fraction of sp³-hybridized carbons (Fsp3) is 0.231. The number of nitrogens with zero attached hydrogens (tertiary/aromatic N) is 1. The van der Waals surface area contributed by atoms with E-state index in [9.17, 15) is 14.7 Å². The molecule has 0 aliphatic carbocycles. The van der Waals surface area contributed by atoms with E-state index in [1.165, 1.54) is 4.90 Å². The summed E-state index contributed by atoms with van der Waals surface area (Å²) in [6, 6.07) is 18.7. The summed E-state index contributed by atoms with van der Waals surface area (Å²) in [5, 5.41) is 11.8. The van der Waals surface area contributed by atoms with Crippen LogP contribution in [-0.2, 0) is 17.6 Å². The average Bonchev–Trinajstić information content (AvgIpc) is 3.15. The van der Waals surface area contributed by atoms with E-state index in [1.54, 1.807) is 26.2 Å². The van der Waals surface area contributed by atoms with Gasteiger partial charge in [0, 0.05) is 43.3 Å². The molecule has 5 heteroatoms. The fourth-order valence-corrected chi connectivity index (χ4v) is 3.95. The highest BCUT2D eigenvalue weighted by Gasteiger charge is 2.21. The number of benzene rings is 3. The molecule has 0 atom stereocenters. The highest BCUT2D eigenvalue weighted by Crippen LogP contribution is 2.34. The van der Waals surface area contributed by atoms with E-state index >= 15 is 0 Å². The summed E-state index contributed by atoms with van der Waals surface area (Å²) in [4.78, 5) is 26.9. The molecule has 31 heavy (non-hydrogen) atoms. The van der Waals surface area contributed by atoms with Crippen molar-refractivity contribution in [2.75, 3.05) is 14.1 Å². The number of fused-ring (bicyclic) bond motifs is 3. The number of ketones is 1. The van der Waals surface area contributed by atoms with Crippen molar-refractivity contribution in [1.82, 2.24) is 4.90 Å². The molecule has 1 aromatic heterocycles. The molecule has 1 N–H and O–H groups in total. The first-order valence-electron chi connectivity index (χ1n) is 10.4. The molecule has 0 saturated heterocycles. The SMILES string of the molecule is CN(C)C(=O)CCC(=O)c1c(CCc2ccccc2O)ccc2oc3ccccc3c12. The van der Waals surface area contributed by atoms with Crippen molar-refractivity contribution in [2.24, 2.45) is 0 Å². The zero-order valence-electron chi connectivity index (χ0n) is 17.7. The zero-order valence-corrected chi connectivity index (χ0v) is 17.7. The average molecular weight is 415 g/mol. The van der Waals surface area contributed by atoms with Crippen molar-refractivity contribution in [3.05, 3.63) is 77.4 Å². The van der Waals surface area contributed by atoms with Gasteiger partial charge in [0.05, 0.1) is 0 Å². The first-order chi connectivity index (χ1) is 15.0. The summed E-state index contributed by atoms with van der Waals surface area (Å²) >= 11 is 0. The lowest BCUT2D eigenvalue weighted by molar-refractivity contribution is -0.128. The van der Waals surface area contributed by atoms with Gasteiger partial charge in [0.15, 0.2) is 5.78 Å². The van der Waals surface area contributed by atoms with E-state index in [-0.39, 0.29) is 30.3 Å². The molecule has 0 radical (unpaired) electrons. The van der Waals surface area contributed by atoms with Gasteiger partial charge in [-0.2, -0.15) is 0 Å². The van der Waals surface area contributed by atoms with E-state index in [0.717, 1.165) is 27.5 Å². The lowest BCUT2D eigenvalue weighted by atomic mass is 9.91. The van der Waals surface area contributed by atoms with Crippen molar-refractivity contribution in [1.29, 1.82) is 0 Å². The predicted octanol–water partition coefficient (Wildman–Crippen LogP) is 5.13. The van der Waals surface area contributed by atoms with Gasteiger partial charge < -0.3 is 14.4 Å². The van der Waals surface area contributed by atoms with Crippen molar-refractivity contribution in [3.63, 3.8) is 0 Å². The van der Waals surface area contributed by atoms with Gasteiger partial charge in [-0.1, -0.05) is 42.5 Å². The molecule has 3 aromatic carbocycles. The summed E-state index contributed by atoms with van der Waals surface area (Å²) in [5.74, 6) is 0.106. The molecule has 0 unspecified atom stereocenters. The van der Waals surface area contributed by atoms with Crippen LogP contribution in [0.4, 0.5) is 0 Å². The van der Waals surface area contributed by atoms with E-state index in [0.29, 0.717) is 24.0 Å². The van der Waals surface area contributed by atoms with Gasteiger partial charge in [0.25, 0.3) is 0 Å². The number of phenolic OH excluding ortho intramolecular Hbond substituents is 1. The highest BCUT2D eigenvalue weighted by atomic mass is 16.3. The Kier molecular flexibility index (Phi) is 5.76. The number of rotatable bonds is 7. The Bertz CT molecular complexity index is 1270. The number of aromatic hydroxyl groups is 1. The number of aryl methyl sites for hydroxylation is 2. The quantitative estimate of drug-likeness (QED) is 0.425. The molecular weight excluding hydrogens is 390 g/mol. The van der Waals surface area contributed by atoms with Gasteiger partial charge in [-0.05, 0) is 42.2 Å². The lowest BCUT2D eigenvalue weighted by Gasteiger charge is -2.13. The largest absolute Gasteiger partial charge is 0.508 e. The maximum absolute atomic E-state index is 13.4. The fourth-order valence-electron chi connectivity index (χ4n) is 3.95. The van der Waals surface area contributed by atoms with Crippen LogP contribution in [0.15, 0.2) is 65.1 Å². The van der Waals surface area contributed by atoms with E-state index in [2.05, 4.69) is 0 Å². The van der Waals surface area contributed by atoms with Crippen LogP contribution in [0, 0.1) is 0 Å². The third-order valence-corrected chi connectivity index (χ3v) is 5.63. The summed E-state index contributed by atoms with van der Waals surface area (Å²) in [6.07, 6.45) is 1.50. The summed E-state index contributed by atoms with van der Waals surface area (Å²) in [7, 11) is 3.38. The Morgan fingerprint density at radius 2 is 1.55 bits per heavy atom. The van der Waals surface area contributed by atoms with Crippen molar-refractivity contribution < 1.29 is 19.1 Å². The van der Waals surface area contributed by atoms with E-state index < -0.39 is 0 Å². The molecule has 1 amide bonds. The lowest BCUT2D eigenvalue weighted by Crippen LogP contribution is -2.22. The number of furan rings is 1. The second-order valence-electron chi connectivity index (χ2n) is 7.91. The minimum absolute atomic E-state index is 0.0698. The minimum atomic E-state index is -0.0756. The van der Waals surface area contributed by atoms with Gasteiger partial charge >= 0.3 is 0 Å². The number of phenols is 1. The Labute approximate surface area is 180 Å². The molecule has 4 aromatic rings. The molecule has 0 bridgehead atoms. The smallest absolute Gasteiger partial charge is 0.222 e. The van der Waals surface area contributed by atoms with E-state index in [4.69, 9.17) is 4.42 Å². The van der Waals surface area contributed by atoms with Gasteiger partial charge in [-0.15, -0.1) is 0 Å². The molecule has 0 aliphatic heterocycles. The standard InChI is InChI=1S/C26H25NO4/c1-27(2)24(30)16-14-21(29)25-18(12-11-17-7-3-5-9-20(17)28)13-15-23-26(25)19-8-4-6-10-22(19)31-23/h3-10,13,15,28H,11-12,14,16H2,1-2H3. The number of para-hydroxylation sites is 2. The molecule has 5 nitrogen and oxygen atoms in total. The van der Waals surface area contributed by atoms with Crippen LogP contribution >= 0.6 is 0 Å². The van der Waals surface area contributed by atoms with Crippen LogP contribution in [0.2, 0.25) is 0 Å². The Morgan fingerprint density at radius 1 is 0.839 bits per heavy atom. The van der Waals surface area contributed by atoms with Crippen molar-refractivity contribution >= 4 is 33.6 Å². The topological polar surface area (TPSA) is 70.8 Å². The molecule has 0 aliphatic rings. The number of carbonyl (C=O) groups is 2. The number of carbonyl (C=O) groups excluding carboxylic acids is 2. The van der Waals surface area contributed by atoms with Crippen LogP contribution in [0.1, 0.15) is 34.3 Å². The first kappa shape index (κ1) is 20.7. The molecule has 158 valence electrons. The number of Topliss-reactive ketones (excluding diaryl/α,β-unsaturated/α-hetero) is 1. The number of amides is 1. The third-order valence-electron chi connectivity index (χ3n) is 5.63. The Morgan fingerprint density at radius 3 is 2.32 bits per heavy atom. The van der Waals surface area contributed by atoms with Crippen LogP contribution in [0.3, 0.4) is 0 Å². The molecule has 1 heterocycles. The maximum atomic E-state index is 13.4. The van der Waals surface area contributed by atoms with Crippen molar-refractivity contribution in [3.8, 4) is 5.75 Å². The van der Waals surface area contributed by atoms with Gasteiger partial charge in [-0.25, -0.2) is 0 Å². The predicted molar refractivity (Wildman–Crippen MR) is 121 cm³/mol. The van der Waals surface area contributed by atoms with Gasteiger partial charge in [-0.3, -0.25) is 9.59 Å². The zero-order chi connectivity index (χ0) is 22.0. The second-order valence-corrected chi connectivity index (χ2v) is 7.91. The van der Waals surface area contributed by atoms with Crippen LogP contribution in [-0.4, -0.2) is 35.8 Å². The maximum Gasteiger partial charge on any atom is 0.222 e. The number of hydrogen-bond donors (Lipinski definition) is 1. The minimum Gasteiger partial charge on any atom is -0.508 e. The molecular formula is C26H25NO4. The molecule has 0 spiro atoms. The summed E-state index contributed by atoms with van der Waals surface area (Å²) in [5.41, 5.74) is 3.73. The monoisotopic (exact) mass is 415 g/mol. The Balaban J connectivity index is 1.76.